The van der Waals surface area contributed by atoms with Crippen molar-refractivity contribution in [3.63, 3.8) is 0 Å². The van der Waals surface area contributed by atoms with E-state index in [0.29, 0.717) is 25.2 Å². The minimum absolute atomic E-state index is 0.104. The van der Waals surface area contributed by atoms with Crippen LogP contribution >= 0.6 is 0 Å². The molecule has 1 atom stereocenters. The highest BCUT2D eigenvalue weighted by Gasteiger charge is 2.31. The topological polar surface area (TPSA) is 86.7 Å². The minimum Gasteiger partial charge on any atom is -0.480 e. The molecule has 1 heterocycles. The van der Waals surface area contributed by atoms with E-state index in [0.717, 1.165) is 24.1 Å². The fourth-order valence-corrected chi connectivity index (χ4v) is 2.96. The molecule has 3 rings (SSSR count). The molecule has 1 aliphatic carbocycles. The molecule has 6 heteroatoms. The van der Waals surface area contributed by atoms with Crippen LogP contribution in [0.25, 0.3) is 0 Å². The molecule has 122 valence electrons. The van der Waals surface area contributed by atoms with Crippen molar-refractivity contribution in [2.24, 2.45) is 5.92 Å². The lowest BCUT2D eigenvalue weighted by Gasteiger charge is -2.29. The summed E-state index contributed by atoms with van der Waals surface area (Å²) in [6, 6.07) is 6.63. The SMILES string of the molecule is O=C(CN1C(=O)CCc2ccccc21)NC(CC1CC1)C(=O)O. The average molecular weight is 316 g/mol. The van der Waals surface area contributed by atoms with Crippen LogP contribution in [0.1, 0.15) is 31.2 Å². The first-order valence-electron chi connectivity index (χ1n) is 7.95. The lowest BCUT2D eigenvalue weighted by atomic mass is 10.0. The summed E-state index contributed by atoms with van der Waals surface area (Å²) in [5.41, 5.74) is 1.78. The molecule has 0 aromatic heterocycles. The van der Waals surface area contributed by atoms with E-state index in [1.54, 1.807) is 0 Å². The van der Waals surface area contributed by atoms with Gasteiger partial charge in [-0.3, -0.25) is 9.59 Å². The van der Waals surface area contributed by atoms with Crippen molar-refractivity contribution in [1.29, 1.82) is 0 Å². The van der Waals surface area contributed by atoms with Gasteiger partial charge in [-0.25, -0.2) is 4.79 Å². The monoisotopic (exact) mass is 316 g/mol. The molecule has 1 unspecified atom stereocenters. The van der Waals surface area contributed by atoms with Crippen molar-refractivity contribution in [2.45, 2.75) is 38.1 Å². The van der Waals surface area contributed by atoms with Crippen LogP contribution in [0.2, 0.25) is 0 Å². The Kier molecular flexibility index (Phi) is 4.32. The van der Waals surface area contributed by atoms with Gasteiger partial charge in [-0.05, 0) is 30.4 Å². The van der Waals surface area contributed by atoms with Gasteiger partial charge in [-0.1, -0.05) is 31.0 Å². The Morgan fingerprint density at radius 2 is 2.00 bits per heavy atom. The van der Waals surface area contributed by atoms with Gasteiger partial charge in [0.25, 0.3) is 0 Å². The van der Waals surface area contributed by atoms with Crippen LogP contribution in [0.15, 0.2) is 24.3 Å². The van der Waals surface area contributed by atoms with Gasteiger partial charge >= 0.3 is 5.97 Å². The lowest BCUT2D eigenvalue weighted by molar-refractivity contribution is -0.142. The smallest absolute Gasteiger partial charge is 0.326 e. The standard InChI is InChI=1S/C17H20N2O4/c20-15(18-13(17(22)23)9-11-5-6-11)10-19-14-4-2-1-3-12(14)7-8-16(19)21/h1-4,11,13H,5-10H2,(H,18,20)(H,22,23). The highest BCUT2D eigenvalue weighted by atomic mass is 16.4. The quantitative estimate of drug-likeness (QED) is 0.829. The summed E-state index contributed by atoms with van der Waals surface area (Å²) >= 11 is 0. The van der Waals surface area contributed by atoms with Gasteiger partial charge in [0.1, 0.15) is 12.6 Å². The largest absolute Gasteiger partial charge is 0.480 e. The number of nitrogens with zero attached hydrogens (tertiary/aromatic N) is 1. The summed E-state index contributed by atoms with van der Waals surface area (Å²) in [5, 5.41) is 11.8. The number of hydrogen-bond donors (Lipinski definition) is 2. The van der Waals surface area contributed by atoms with E-state index in [2.05, 4.69) is 5.32 Å². The van der Waals surface area contributed by atoms with Gasteiger partial charge < -0.3 is 15.3 Å². The van der Waals surface area contributed by atoms with E-state index < -0.39 is 17.9 Å². The number of carboxylic acids is 1. The van der Waals surface area contributed by atoms with Crippen molar-refractivity contribution in [1.82, 2.24) is 5.32 Å². The zero-order valence-electron chi connectivity index (χ0n) is 12.8. The number of aliphatic carboxylic acids is 1. The first kappa shape index (κ1) is 15.5. The van der Waals surface area contributed by atoms with E-state index >= 15 is 0 Å². The highest BCUT2D eigenvalue weighted by Crippen LogP contribution is 2.33. The number of amides is 2. The molecule has 23 heavy (non-hydrogen) atoms. The van der Waals surface area contributed by atoms with E-state index in [-0.39, 0.29) is 12.5 Å². The first-order chi connectivity index (χ1) is 11.0. The number of aryl methyl sites for hydroxylation is 1. The third-order valence-electron chi connectivity index (χ3n) is 4.39. The summed E-state index contributed by atoms with van der Waals surface area (Å²) < 4.78 is 0. The molecule has 1 saturated carbocycles. The van der Waals surface area contributed by atoms with Gasteiger partial charge in [0, 0.05) is 12.1 Å². The van der Waals surface area contributed by atoms with Gasteiger partial charge in [0.05, 0.1) is 0 Å². The van der Waals surface area contributed by atoms with Crippen molar-refractivity contribution < 1.29 is 19.5 Å². The molecule has 6 nitrogen and oxygen atoms in total. The van der Waals surface area contributed by atoms with Crippen LogP contribution in [0.4, 0.5) is 5.69 Å². The summed E-state index contributed by atoms with van der Waals surface area (Å²) in [5.74, 6) is -1.15. The molecule has 0 saturated heterocycles. The third kappa shape index (κ3) is 3.70. The molecule has 1 aromatic rings. The highest BCUT2D eigenvalue weighted by molar-refractivity contribution is 6.01. The third-order valence-corrected chi connectivity index (χ3v) is 4.39. The Bertz CT molecular complexity index is 639. The second-order valence-corrected chi connectivity index (χ2v) is 6.25. The Morgan fingerprint density at radius 3 is 2.70 bits per heavy atom. The molecular formula is C17H20N2O4. The molecule has 1 aromatic carbocycles. The number of anilines is 1. The van der Waals surface area contributed by atoms with Crippen LogP contribution in [0.5, 0.6) is 0 Å². The second-order valence-electron chi connectivity index (χ2n) is 6.25. The van der Waals surface area contributed by atoms with Crippen LogP contribution in [0.3, 0.4) is 0 Å². The van der Waals surface area contributed by atoms with Crippen LogP contribution < -0.4 is 10.2 Å². The molecule has 2 amide bonds. The van der Waals surface area contributed by atoms with Gasteiger partial charge in [0.15, 0.2) is 0 Å². The molecule has 0 spiro atoms. The molecule has 1 fully saturated rings. The molecule has 2 N–H and O–H groups in total. The van der Waals surface area contributed by atoms with Crippen molar-refractivity contribution >= 4 is 23.5 Å². The van der Waals surface area contributed by atoms with Crippen molar-refractivity contribution in [2.75, 3.05) is 11.4 Å². The first-order valence-corrected chi connectivity index (χ1v) is 7.95. The number of benzene rings is 1. The fraction of sp³-hybridized carbons (Fsp3) is 0.471. The zero-order chi connectivity index (χ0) is 16.4. The number of fused-ring (bicyclic) bond motifs is 1. The second kappa shape index (κ2) is 6.40. The van der Waals surface area contributed by atoms with Crippen LogP contribution in [-0.4, -0.2) is 35.5 Å². The minimum atomic E-state index is -1.02. The normalized spacial score (nSPS) is 18.3. The number of carboxylic acid groups (broad SMARTS) is 1. The zero-order valence-corrected chi connectivity index (χ0v) is 12.8. The van der Waals surface area contributed by atoms with Crippen LogP contribution in [-0.2, 0) is 20.8 Å². The molecule has 0 bridgehead atoms. The lowest BCUT2D eigenvalue weighted by Crippen LogP contribution is -2.48. The van der Waals surface area contributed by atoms with Gasteiger partial charge in [-0.2, -0.15) is 0 Å². The predicted octanol–water partition coefficient (Wildman–Crippen LogP) is 1.34. The van der Waals surface area contributed by atoms with E-state index in [9.17, 15) is 19.5 Å². The maximum atomic E-state index is 12.2. The summed E-state index contributed by atoms with van der Waals surface area (Å²) in [6.07, 6.45) is 3.56. The van der Waals surface area contributed by atoms with Crippen molar-refractivity contribution in [3.05, 3.63) is 29.8 Å². The molecule has 0 radical (unpaired) electrons. The molecular weight excluding hydrogens is 296 g/mol. The molecule has 1 aliphatic heterocycles. The summed E-state index contributed by atoms with van der Waals surface area (Å²) in [6.45, 7) is -0.135. The predicted molar refractivity (Wildman–Crippen MR) is 84.0 cm³/mol. The fourth-order valence-electron chi connectivity index (χ4n) is 2.96. The Hall–Kier alpha value is -2.37. The maximum absolute atomic E-state index is 12.2. The van der Waals surface area contributed by atoms with Gasteiger partial charge in [-0.15, -0.1) is 0 Å². The van der Waals surface area contributed by atoms with Crippen molar-refractivity contribution in [3.8, 4) is 0 Å². The Labute approximate surface area is 134 Å². The number of para-hydroxylation sites is 1. The van der Waals surface area contributed by atoms with Crippen LogP contribution in [0, 0.1) is 5.92 Å². The molecule has 2 aliphatic rings. The Morgan fingerprint density at radius 1 is 1.26 bits per heavy atom. The maximum Gasteiger partial charge on any atom is 0.326 e. The summed E-state index contributed by atoms with van der Waals surface area (Å²) in [4.78, 5) is 37.1. The van der Waals surface area contributed by atoms with E-state index in [1.165, 1.54) is 4.90 Å². The summed E-state index contributed by atoms with van der Waals surface area (Å²) in [7, 11) is 0. The number of hydrogen-bond acceptors (Lipinski definition) is 3. The van der Waals surface area contributed by atoms with Gasteiger partial charge in [0.2, 0.25) is 11.8 Å². The van der Waals surface area contributed by atoms with E-state index in [1.807, 2.05) is 24.3 Å². The van der Waals surface area contributed by atoms with E-state index in [4.69, 9.17) is 0 Å². The number of nitrogens with one attached hydrogen (secondary N) is 1. The average Bonchev–Trinajstić information content (AvgIpc) is 3.33. The number of carbonyl (C=O) groups excluding carboxylic acids is 2. The number of carbonyl (C=O) groups is 3. The number of rotatable bonds is 6. The Balaban J connectivity index is 1.67.